The third-order valence-corrected chi connectivity index (χ3v) is 3.44. The van der Waals surface area contributed by atoms with Crippen LogP contribution in [0.3, 0.4) is 0 Å². The summed E-state index contributed by atoms with van der Waals surface area (Å²) in [5, 5.41) is 0.863. The van der Waals surface area contributed by atoms with Crippen LogP contribution in [-0.2, 0) is 6.42 Å². The van der Waals surface area contributed by atoms with E-state index in [1.165, 1.54) is 5.56 Å². The predicted octanol–water partition coefficient (Wildman–Crippen LogP) is -0.0603. The average molecular weight is 282 g/mol. The Labute approximate surface area is 119 Å². The average Bonchev–Trinajstić information content (AvgIpc) is 2.35. The molecule has 0 saturated heterocycles. The summed E-state index contributed by atoms with van der Waals surface area (Å²) in [7, 11) is 0. The fraction of sp³-hybridized carbons (Fsp3) is 0.308. The van der Waals surface area contributed by atoms with Crippen molar-refractivity contribution < 1.29 is 13.8 Å². The molecule has 2 heterocycles. The van der Waals surface area contributed by atoms with E-state index in [-0.39, 0.29) is 13.8 Å². The van der Waals surface area contributed by atoms with Crippen molar-refractivity contribution >= 4 is 11.8 Å². The molecule has 0 aromatic carbocycles. The first kappa shape index (κ1) is 14.9. The van der Waals surface area contributed by atoms with Gasteiger partial charge in [-0.05, 0) is 43.5 Å². The number of nitrogens with zero attached hydrogens (tertiary/aromatic N) is 3. The zero-order valence-electron chi connectivity index (χ0n) is 11.4. The van der Waals surface area contributed by atoms with E-state index in [1.807, 2.05) is 44.6 Å². The second-order valence-electron chi connectivity index (χ2n) is 3.87. The largest absolute Gasteiger partial charge is 1.00 e. The van der Waals surface area contributed by atoms with Crippen LogP contribution in [0.25, 0.3) is 0 Å². The van der Waals surface area contributed by atoms with E-state index in [9.17, 15) is 0 Å². The Kier molecular flexibility index (Phi) is 6.09. The summed E-state index contributed by atoms with van der Waals surface area (Å²) in [6.07, 6.45) is 6.56. The van der Waals surface area contributed by atoms with Gasteiger partial charge in [-0.1, -0.05) is 11.8 Å². The van der Waals surface area contributed by atoms with E-state index in [2.05, 4.69) is 15.0 Å². The first-order valence-corrected chi connectivity index (χ1v) is 6.56. The Balaban J connectivity index is 0.00000162. The lowest BCUT2D eigenvalue weighted by molar-refractivity contribution is -0.00000376. The quantitative estimate of drug-likeness (QED) is 0.581. The van der Waals surface area contributed by atoms with Gasteiger partial charge < -0.3 is 12.4 Å². The summed E-state index contributed by atoms with van der Waals surface area (Å²) in [6, 6.07) is 4.09. The van der Waals surface area contributed by atoms with Crippen LogP contribution in [0.2, 0.25) is 0 Å². The maximum atomic E-state index is 4.44. The lowest BCUT2D eigenvalue weighted by atomic mass is 10.2. The van der Waals surface area contributed by atoms with Gasteiger partial charge in [0.15, 0.2) is 5.16 Å². The minimum Gasteiger partial charge on any atom is -1.00 e. The highest BCUT2D eigenvalue weighted by atomic mass is 35.5. The maximum Gasteiger partial charge on any atom is 1.00 e. The van der Waals surface area contributed by atoms with Crippen molar-refractivity contribution in [3.8, 4) is 0 Å². The zero-order valence-corrected chi connectivity index (χ0v) is 12.0. The van der Waals surface area contributed by atoms with Crippen molar-refractivity contribution in [3.05, 3.63) is 47.5 Å². The summed E-state index contributed by atoms with van der Waals surface area (Å²) in [6.45, 7) is 4.05. The summed E-state index contributed by atoms with van der Waals surface area (Å²) in [4.78, 5) is 12.8. The third-order valence-electron chi connectivity index (χ3n) is 2.57. The van der Waals surface area contributed by atoms with Crippen LogP contribution in [0, 0.1) is 13.8 Å². The number of aryl methyl sites for hydroxylation is 3. The van der Waals surface area contributed by atoms with Crippen LogP contribution in [0.4, 0.5) is 0 Å². The van der Waals surface area contributed by atoms with E-state index >= 15 is 0 Å². The second-order valence-corrected chi connectivity index (χ2v) is 4.94. The van der Waals surface area contributed by atoms with E-state index in [0.29, 0.717) is 0 Å². The van der Waals surface area contributed by atoms with Gasteiger partial charge >= 0.3 is 1.43 Å². The molecule has 0 N–H and O–H groups in total. The van der Waals surface area contributed by atoms with Crippen LogP contribution in [0.1, 0.15) is 18.2 Å². The van der Waals surface area contributed by atoms with Gasteiger partial charge in [-0.3, -0.25) is 4.98 Å². The van der Waals surface area contributed by atoms with Gasteiger partial charge in [-0.2, -0.15) is 0 Å². The van der Waals surface area contributed by atoms with Crippen molar-refractivity contribution in [1.29, 1.82) is 0 Å². The first-order chi connectivity index (χ1) is 8.25. The molecule has 0 aliphatic carbocycles. The number of aromatic nitrogens is 3. The smallest absolute Gasteiger partial charge is 1.00 e. The Morgan fingerprint density at radius 3 is 2.61 bits per heavy atom. The molecule has 2 rings (SSSR count). The Morgan fingerprint density at radius 1 is 1.22 bits per heavy atom. The van der Waals surface area contributed by atoms with Crippen molar-refractivity contribution in [2.24, 2.45) is 0 Å². The van der Waals surface area contributed by atoms with Crippen LogP contribution in [0.15, 0.2) is 35.9 Å². The summed E-state index contributed by atoms with van der Waals surface area (Å²) in [5.41, 5.74) is 3.51. The lowest BCUT2D eigenvalue weighted by Crippen LogP contribution is -3.00. The highest BCUT2D eigenvalue weighted by molar-refractivity contribution is 7.99. The molecule has 0 aliphatic heterocycles. The predicted molar refractivity (Wildman–Crippen MR) is 71.3 cm³/mol. The Bertz CT molecular complexity index is 497. The van der Waals surface area contributed by atoms with E-state index in [4.69, 9.17) is 0 Å². The number of thioether (sulfide) groups is 1. The molecule has 5 heteroatoms. The lowest BCUT2D eigenvalue weighted by Gasteiger charge is -2.03. The second kappa shape index (κ2) is 7.34. The Hall–Kier alpha value is -1.13. The van der Waals surface area contributed by atoms with Crippen LogP contribution >= 0.6 is 11.8 Å². The summed E-state index contributed by atoms with van der Waals surface area (Å²) < 4.78 is 0. The third kappa shape index (κ3) is 4.27. The van der Waals surface area contributed by atoms with Crippen LogP contribution in [0.5, 0.6) is 0 Å². The number of hydrogen-bond donors (Lipinski definition) is 0. The van der Waals surface area contributed by atoms with Crippen molar-refractivity contribution in [3.63, 3.8) is 0 Å². The minimum absolute atomic E-state index is 0. The van der Waals surface area contributed by atoms with Gasteiger partial charge in [0, 0.05) is 30.0 Å². The monoisotopic (exact) mass is 281 g/mol. The molecule has 0 fully saturated rings. The topological polar surface area (TPSA) is 38.7 Å². The van der Waals surface area contributed by atoms with Crippen molar-refractivity contribution in [2.75, 3.05) is 5.75 Å². The molecule has 18 heavy (non-hydrogen) atoms. The fourth-order valence-corrected chi connectivity index (χ4v) is 2.23. The molecule has 0 unspecified atom stereocenters. The van der Waals surface area contributed by atoms with E-state index < -0.39 is 0 Å². The molecule has 0 aliphatic rings. The van der Waals surface area contributed by atoms with Crippen LogP contribution in [-0.4, -0.2) is 20.7 Å². The molecule has 0 atom stereocenters. The molecule has 0 radical (unpaired) electrons. The van der Waals surface area contributed by atoms with E-state index in [1.54, 1.807) is 11.8 Å². The van der Waals surface area contributed by atoms with Crippen molar-refractivity contribution in [1.82, 2.24) is 15.0 Å². The SMILES string of the molecule is Cc1cnc(SCCc2ccncc2)nc1C.[Cl-].[H+]. The van der Waals surface area contributed by atoms with Gasteiger partial charge in [-0.25, -0.2) is 9.97 Å². The number of rotatable bonds is 4. The van der Waals surface area contributed by atoms with Gasteiger partial charge in [0.2, 0.25) is 0 Å². The van der Waals surface area contributed by atoms with Gasteiger partial charge in [0.25, 0.3) is 0 Å². The zero-order chi connectivity index (χ0) is 12.1. The molecule has 3 nitrogen and oxygen atoms in total. The van der Waals surface area contributed by atoms with Gasteiger partial charge in [-0.15, -0.1) is 0 Å². The number of hydrogen-bond acceptors (Lipinski definition) is 4. The molecule has 0 saturated carbocycles. The fourth-order valence-electron chi connectivity index (χ4n) is 1.39. The normalized spacial score (nSPS) is 9.89. The highest BCUT2D eigenvalue weighted by Crippen LogP contribution is 2.15. The molecule has 2 aromatic heterocycles. The highest BCUT2D eigenvalue weighted by Gasteiger charge is 2.01. The van der Waals surface area contributed by atoms with Crippen LogP contribution < -0.4 is 12.4 Å². The Morgan fingerprint density at radius 2 is 1.94 bits per heavy atom. The van der Waals surface area contributed by atoms with Gasteiger partial charge in [0.05, 0.1) is 0 Å². The minimum atomic E-state index is 0. The van der Waals surface area contributed by atoms with Gasteiger partial charge in [0.1, 0.15) is 0 Å². The first-order valence-electron chi connectivity index (χ1n) is 5.57. The molecule has 0 spiro atoms. The standard InChI is InChI=1S/C13H15N3S.ClH/c1-10-9-15-13(16-11(10)2)17-8-5-12-3-6-14-7-4-12;/h3-4,6-7,9H,5,8H2,1-2H3;1H. The molecule has 0 bridgehead atoms. The number of halogens is 1. The maximum absolute atomic E-state index is 4.44. The molecular formula is C13H16ClN3S. The molecule has 2 aromatic rings. The molecule has 96 valence electrons. The van der Waals surface area contributed by atoms with E-state index in [0.717, 1.165) is 28.6 Å². The molecule has 0 amide bonds. The molecular weight excluding hydrogens is 266 g/mol. The number of pyridine rings is 1. The van der Waals surface area contributed by atoms with Crippen molar-refractivity contribution in [2.45, 2.75) is 25.4 Å². The summed E-state index contributed by atoms with van der Waals surface area (Å²) >= 11 is 1.70. The summed E-state index contributed by atoms with van der Waals surface area (Å²) in [5.74, 6) is 0.993.